The molecule has 0 radical (unpaired) electrons. The summed E-state index contributed by atoms with van der Waals surface area (Å²) in [6, 6.07) is 3.12. The van der Waals surface area contributed by atoms with E-state index >= 15 is 0 Å². The van der Waals surface area contributed by atoms with Crippen LogP contribution in [0.5, 0.6) is 5.75 Å². The normalized spacial score (nSPS) is 9.33. The van der Waals surface area contributed by atoms with Gasteiger partial charge in [0, 0.05) is 6.07 Å². The van der Waals surface area contributed by atoms with Gasteiger partial charge in [0.05, 0.1) is 30.5 Å². The first-order chi connectivity index (χ1) is 7.17. The second-order valence-corrected chi connectivity index (χ2v) is 2.78. The highest BCUT2D eigenvalue weighted by molar-refractivity contribution is 5.72. The maximum Gasteiger partial charge on any atom is 0.311 e. The molecule has 0 unspecified atom stereocenters. The third-order valence-corrected chi connectivity index (χ3v) is 1.69. The van der Waals surface area contributed by atoms with Crippen molar-refractivity contribution in [2.75, 3.05) is 6.61 Å². The number of nitrogens with zero attached hydrogens (tertiary/aromatic N) is 2. The molecule has 0 aromatic carbocycles. The number of ether oxygens (including phenoxy) is 1. The fourth-order valence-corrected chi connectivity index (χ4v) is 1.07. The molecule has 0 bridgehead atoms. The van der Waals surface area contributed by atoms with Gasteiger partial charge in [0.15, 0.2) is 0 Å². The minimum atomic E-state index is -0.438. The molecule has 1 aromatic heterocycles. The van der Waals surface area contributed by atoms with E-state index < -0.39 is 5.97 Å². The summed E-state index contributed by atoms with van der Waals surface area (Å²) in [7, 11) is 0. The summed E-state index contributed by atoms with van der Waals surface area (Å²) in [4.78, 5) is 14.9. The van der Waals surface area contributed by atoms with Crippen molar-refractivity contribution < 1.29 is 14.6 Å². The molecule has 0 aliphatic carbocycles. The molecule has 0 spiro atoms. The number of esters is 1. The number of aromatic hydroxyl groups is 1. The van der Waals surface area contributed by atoms with E-state index in [2.05, 4.69) is 4.98 Å². The number of pyridine rings is 1. The maximum absolute atomic E-state index is 11.1. The van der Waals surface area contributed by atoms with Crippen LogP contribution < -0.4 is 0 Å². The quantitative estimate of drug-likeness (QED) is 0.738. The number of carbonyl (C=O) groups is 1. The third kappa shape index (κ3) is 2.95. The SMILES string of the molecule is CCOC(=O)Cc1ncc(O)cc1C#N. The van der Waals surface area contributed by atoms with Crippen molar-refractivity contribution in [3.8, 4) is 11.8 Å². The van der Waals surface area contributed by atoms with Crippen LogP contribution in [0.2, 0.25) is 0 Å². The first kappa shape index (κ1) is 11.0. The number of rotatable bonds is 3. The second kappa shape index (κ2) is 4.96. The van der Waals surface area contributed by atoms with Crippen LogP contribution in [-0.4, -0.2) is 22.7 Å². The Hall–Kier alpha value is -2.09. The average Bonchev–Trinajstić information content (AvgIpc) is 2.21. The second-order valence-electron chi connectivity index (χ2n) is 2.78. The lowest BCUT2D eigenvalue weighted by molar-refractivity contribution is -0.142. The molecule has 15 heavy (non-hydrogen) atoms. The van der Waals surface area contributed by atoms with Crippen LogP contribution in [0.4, 0.5) is 0 Å². The maximum atomic E-state index is 11.1. The predicted octanol–water partition coefficient (Wildman–Crippen LogP) is 0.764. The van der Waals surface area contributed by atoms with E-state index in [9.17, 15) is 4.79 Å². The topological polar surface area (TPSA) is 83.2 Å². The van der Waals surface area contributed by atoms with E-state index in [1.807, 2.05) is 6.07 Å². The summed E-state index contributed by atoms with van der Waals surface area (Å²) in [6.07, 6.45) is 1.13. The number of aromatic nitrogens is 1. The zero-order chi connectivity index (χ0) is 11.3. The van der Waals surface area contributed by atoms with Gasteiger partial charge >= 0.3 is 5.97 Å². The van der Waals surface area contributed by atoms with Crippen molar-refractivity contribution in [3.05, 3.63) is 23.5 Å². The zero-order valence-electron chi connectivity index (χ0n) is 8.23. The standard InChI is InChI=1S/C10H10N2O3/c1-2-15-10(14)4-9-7(5-11)3-8(13)6-12-9/h3,6,13H,2,4H2,1H3. The molecule has 1 heterocycles. The Balaban J connectivity index is 2.86. The van der Waals surface area contributed by atoms with E-state index in [1.165, 1.54) is 12.3 Å². The van der Waals surface area contributed by atoms with Gasteiger partial charge in [0.25, 0.3) is 0 Å². The van der Waals surface area contributed by atoms with Crippen molar-refractivity contribution in [1.29, 1.82) is 5.26 Å². The van der Waals surface area contributed by atoms with Crippen molar-refractivity contribution in [1.82, 2.24) is 4.98 Å². The largest absolute Gasteiger partial charge is 0.506 e. The molecular formula is C10H10N2O3. The van der Waals surface area contributed by atoms with E-state index in [-0.39, 0.29) is 17.7 Å². The molecule has 78 valence electrons. The van der Waals surface area contributed by atoms with Gasteiger partial charge in [-0.15, -0.1) is 0 Å². The van der Waals surface area contributed by atoms with Crippen molar-refractivity contribution in [3.63, 3.8) is 0 Å². The molecule has 0 fully saturated rings. The van der Waals surface area contributed by atoms with E-state index in [0.717, 1.165) is 0 Å². The summed E-state index contributed by atoms with van der Waals surface area (Å²) in [5.74, 6) is -0.536. The van der Waals surface area contributed by atoms with Crippen LogP contribution in [0.15, 0.2) is 12.3 Å². The van der Waals surface area contributed by atoms with E-state index in [0.29, 0.717) is 12.3 Å². The number of carbonyl (C=O) groups excluding carboxylic acids is 1. The molecule has 0 aliphatic heterocycles. The molecule has 0 amide bonds. The Morgan fingerprint density at radius 3 is 3.07 bits per heavy atom. The van der Waals surface area contributed by atoms with Crippen LogP contribution in [0.1, 0.15) is 18.2 Å². The molecule has 0 aliphatic rings. The minimum Gasteiger partial charge on any atom is -0.506 e. The van der Waals surface area contributed by atoms with Crippen LogP contribution >= 0.6 is 0 Å². The Kier molecular flexibility index (Phi) is 3.63. The average molecular weight is 206 g/mol. The summed E-state index contributed by atoms with van der Waals surface area (Å²) in [5.41, 5.74) is 0.497. The minimum absolute atomic E-state index is 0.0585. The number of hydrogen-bond donors (Lipinski definition) is 1. The van der Waals surface area contributed by atoms with Crippen LogP contribution in [0.3, 0.4) is 0 Å². The fraction of sp³-hybridized carbons (Fsp3) is 0.300. The Morgan fingerprint density at radius 1 is 1.73 bits per heavy atom. The summed E-state index contributed by atoms with van der Waals surface area (Å²) in [5, 5.41) is 17.8. The lowest BCUT2D eigenvalue weighted by Crippen LogP contribution is -2.09. The summed E-state index contributed by atoms with van der Waals surface area (Å²) in [6.45, 7) is 1.99. The highest BCUT2D eigenvalue weighted by Gasteiger charge is 2.10. The molecule has 0 atom stereocenters. The molecular weight excluding hydrogens is 196 g/mol. The van der Waals surface area contributed by atoms with Gasteiger partial charge < -0.3 is 9.84 Å². The molecule has 1 aromatic rings. The predicted molar refractivity (Wildman–Crippen MR) is 51.0 cm³/mol. The van der Waals surface area contributed by atoms with Crippen LogP contribution in [0, 0.1) is 11.3 Å². The highest BCUT2D eigenvalue weighted by atomic mass is 16.5. The third-order valence-electron chi connectivity index (χ3n) is 1.69. The molecule has 5 nitrogen and oxygen atoms in total. The van der Waals surface area contributed by atoms with Gasteiger partial charge in [-0.05, 0) is 6.92 Å². The first-order valence-corrected chi connectivity index (χ1v) is 4.41. The molecule has 5 heteroatoms. The van der Waals surface area contributed by atoms with Crippen molar-refractivity contribution in [2.45, 2.75) is 13.3 Å². The lowest BCUT2D eigenvalue weighted by atomic mass is 10.1. The van der Waals surface area contributed by atoms with Gasteiger partial charge in [-0.1, -0.05) is 0 Å². The lowest BCUT2D eigenvalue weighted by Gasteiger charge is -2.03. The van der Waals surface area contributed by atoms with Crippen molar-refractivity contribution in [2.24, 2.45) is 0 Å². The van der Waals surface area contributed by atoms with E-state index in [4.69, 9.17) is 15.1 Å². The smallest absolute Gasteiger partial charge is 0.311 e. The van der Waals surface area contributed by atoms with Gasteiger partial charge in [0.2, 0.25) is 0 Å². The Morgan fingerprint density at radius 2 is 2.47 bits per heavy atom. The number of nitriles is 1. The Bertz CT molecular complexity index is 410. The monoisotopic (exact) mass is 206 g/mol. The van der Waals surface area contributed by atoms with Gasteiger partial charge in [-0.2, -0.15) is 5.26 Å². The summed E-state index contributed by atoms with van der Waals surface area (Å²) >= 11 is 0. The first-order valence-electron chi connectivity index (χ1n) is 4.41. The van der Waals surface area contributed by atoms with Gasteiger partial charge in [0.1, 0.15) is 11.8 Å². The fourth-order valence-electron chi connectivity index (χ4n) is 1.07. The highest BCUT2D eigenvalue weighted by Crippen LogP contribution is 2.13. The van der Waals surface area contributed by atoms with Crippen molar-refractivity contribution >= 4 is 5.97 Å². The Labute approximate surface area is 86.9 Å². The van der Waals surface area contributed by atoms with Crippen LogP contribution in [0.25, 0.3) is 0 Å². The van der Waals surface area contributed by atoms with Gasteiger partial charge in [-0.3, -0.25) is 9.78 Å². The molecule has 1 rings (SSSR count). The molecule has 0 saturated carbocycles. The van der Waals surface area contributed by atoms with E-state index in [1.54, 1.807) is 6.92 Å². The molecule has 1 N–H and O–H groups in total. The zero-order valence-corrected chi connectivity index (χ0v) is 8.23. The summed E-state index contributed by atoms with van der Waals surface area (Å²) < 4.78 is 4.72. The molecule has 0 saturated heterocycles. The van der Waals surface area contributed by atoms with Crippen LogP contribution in [-0.2, 0) is 16.0 Å². The number of hydrogen-bond acceptors (Lipinski definition) is 5. The van der Waals surface area contributed by atoms with Gasteiger partial charge in [-0.25, -0.2) is 0 Å².